The Kier molecular flexibility index (Phi) is 9.39. The van der Waals surface area contributed by atoms with Gasteiger partial charge in [0.1, 0.15) is 5.75 Å². The van der Waals surface area contributed by atoms with Gasteiger partial charge in [0.2, 0.25) is 17.7 Å². The lowest BCUT2D eigenvalue weighted by atomic mass is 10.1. The molecule has 0 spiro atoms. The number of likely N-dealkylation sites (N-methyl/N-ethyl adjacent to an activating group) is 2. The Morgan fingerprint density at radius 3 is 2.31 bits per heavy atom. The van der Waals surface area contributed by atoms with Crippen molar-refractivity contribution in [2.45, 2.75) is 33.2 Å². The first-order chi connectivity index (χ1) is 13.4. The Morgan fingerprint density at radius 2 is 1.76 bits per heavy atom. The quantitative estimate of drug-likeness (QED) is 0.630. The van der Waals surface area contributed by atoms with E-state index in [1.165, 1.54) is 12.0 Å². The van der Waals surface area contributed by atoms with Crippen molar-refractivity contribution < 1.29 is 19.1 Å². The number of carbonyl (C=O) groups excluding carboxylic acids is 3. The van der Waals surface area contributed by atoms with Crippen LogP contribution in [0.1, 0.15) is 27.7 Å². The summed E-state index contributed by atoms with van der Waals surface area (Å²) in [7, 11) is 3.03. The van der Waals surface area contributed by atoms with Crippen LogP contribution in [-0.2, 0) is 14.4 Å². The lowest BCUT2D eigenvalue weighted by Crippen LogP contribution is -2.48. The van der Waals surface area contributed by atoms with Crippen LogP contribution < -0.4 is 15.4 Å². The number of benzene rings is 1. The molecule has 9 heteroatoms. The van der Waals surface area contributed by atoms with E-state index in [1.54, 1.807) is 30.1 Å². The number of anilines is 1. The van der Waals surface area contributed by atoms with Gasteiger partial charge < -0.3 is 20.3 Å². The van der Waals surface area contributed by atoms with E-state index in [4.69, 9.17) is 16.3 Å². The van der Waals surface area contributed by atoms with Gasteiger partial charge in [-0.25, -0.2) is 0 Å². The van der Waals surface area contributed by atoms with Crippen molar-refractivity contribution in [2.24, 2.45) is 0 Å². The predicted octanol–water partition coefficient (Wildman–Crippen LogP) is 1.98. The molecule has 0 saturated heterocycles. The Hall–Kier alpha value is -2.32. The topological polar surface area (TPSA) is 91.0 Å². The molecule has 0 aliphatic carbocycles. The van der Waals surface area contributed by atoms with Gasteiger partial charge in [0.05, 0.1) is 32.4 Å². The third-order valence-electron chi connectivity index (χ3n) is 3.93. The number of rotatable bonds is 9. The molecule has 0 heterocycles. The minimum absolute atomic E-state index is 0.0400. The summed E-state index contributed by atoms with van der Waals surface area (Å²) in [5, 5.41) is 6.02. The van der Waals surface area contributed by atoms with Gasteiger partial charge in [-0.05, 0) is 45.5 Å². The third kappa shape index (κ3) is 9.15. The van der Waals surface area contributed by atoms with Gasteiger partial charge in [0.15, 0.2) is 0 Å². The van der Waals surface area contributed by atoms with Crippen LogP contribution in [-0.4, -0.2) is 73.4 Å². The van der Waals surface area contributed by atoms with E-state index in [2.05, 4.69) is 10.6 Å². The van der Waals surface area contributed by atoms with Crippen molar-refractivity contribution >= 4 is 35.0 Å². The number of methoxy groups -OCH3 is 1. The van der Waals surface area contributed by atoms with Crippen LogP contribution in [0.4, 0.5) is 5.69 Å². The molecule has 1 rings (SSSR count). The molecule has 0 unspecified atom stereocenters. The first kappa shape index (κ1) is 24.7. The Bertz CT molecular complexity index is 734. The van der Waals surface area contributed by atoms with Crippen LogP contribution in [0, 0.1) is 0 Å². The number of halogens is 1. The van der Waals surface area contributed by atoms with Crippen molar-refractivity contribution in [3.05, 3.63) is 23.2 Å². The molecular formula is C20H31ClN4O4. The second-order valence-electron chi connectivity index (χ2n) is 7.74. The number of nitrogens with one attached hydrogen (secondary N) is 2. The summed E-state index contributed by atoms with van der Waals surface area (Å²) < 4.78 is 5.19. The molecule has 0 fully saturated rings. The number of ether oxygens (including phenoxy) is 1. The normalized spacial score (nSPS) is 11.2. The summed E-state index contributed by atoms with van der Waals surface area (Å²) >= 11 is 5.96. The molecular weight excluding hydrogens is 396 g/mol. The Morgan fingerprint density at radius 1 is 1.10 bits per heavy atom. The Balaban J connectivity index is 2.61. The van der Waals surface area contributed by atoms with Crippen LogP contribution in [0.2, 0.25) is 5.02 Å². The number of amides is 3. The molecule has 29 heavy (non-hydrogen) atoms. The monoisotopic (exact) mass is 426 g/mol. The third-order valence-corrected chi connectivity index (χ3v) is 4.16. The van der Waals surface area contributed by atoms with E-state index in [0.29, 0.717) is 23.0 Å². The van der Waals surface area contributed by atoms with E-state index >= 15 is 0 Å². The van der Waals surface area contributed by atoms with Crippen LogP contribution in [0.5, 0.6) is 5.75 Å². The highest BCUT2D eigenvalue weighted by Gasteiger charge is 2.20. The highest BCUT2D eigenvalue weighted by Crippen LogP contribution is 2.27. The van der Waals surface area contributed by atoms with E-state index in [0.717, 1.165) is 0 Å². The van der Waals surface area contributed by atoms with Gasteiger partial charge in [0.25, 0.3) is 0 Å². The standard InChI is InChI=1S/C20H31ClN4O4/c1-7-25(12-18(27)23-20(2,3)4)13-19(28)24(5)11-17(26)22-15-10-14(21)8-9-16(15)29-6/h8-10H,7,11-13H2,1-6H3,(H,22,26)(H,23,27). The lowest BCUT2D eigenvalue weighted by Gasteiger charge is -2.26. The van der Waals surface area contributed by atoms with Gasteiger partial charge in [0, 0.05) is 17.6 Å². The maximum Gasteiger partial charge on any atom is 0.244 e. The fourth-order valence-corrected chi connectivity index (χ4v) is 2.70. The van der Waals surface area contributed by atoms with E-state index in [1.807, 2.05) is 27.7 Å². The van der Waals surface area contributed by atoms with Crippen molar-refractivity contribution in [3.63, 3.8) is 0 Å². The lowest BCUT2D eigenvalue weighted by molar-refractivity contribution is -0.135. The number of carbonyl (C=O) groups is 3. The van der Waals surface area contributed by atoms with Gasteiger partial charge in [-0.3, -0.25) is 19.3 Å². The van der Waals surface area contributed by atoms with Gasteiger partial charge in [-0.2, -0.15) is 0 Å². The second kappa shape index (κ2) is 11.0. The van der Waals surface area contributed by atoms with E-state index < -0.39 is 0 Å². The van der Waals surface area contributed by atoms with Crippen LogP contribution in [0.15, 0.2) is 18.2 Å². The first-order valence-electron chi connectivity index (χ1n) is 9.36. The van der Waals surface area contributed by atoms with Gasteiger partial charge in [-0.15, -0.1) is 0 Å². The summed E-state index contributed by atoms with van der Waals surface area (Å²) in [6, 6.07) is 4.88. The minimum atomic E-state index is -0.380. The number of hydrogen-bond acceptors (Lipinski definition) is 5. The van der Waals surface area contributed by atoms with Crippen molar-refractivity contribution in [3.8, 4) is 5.75 Å². The average Bonchev–Trinajstić information content (AvgIpc) is 2.59. The predicted molar refractivity (Wildman–Crippen MR) is 114 cm³/mol. The minimum Gasteiger partial charge on any atom is -0.495 e. The maximum absolute atomic E-state index is 12.5. The van der Waals surface area contributed by atoms with Crippen molar-refractivity contribution in [2.75, 3.05) is 45.7 Å². The van der Waals surface area contributed by atoms with Gasteiger partial charge in [-0.1, -0.05) is 18.5 Å². The second-order valence-corrected chi connectivity index (χ2v) is 8.18. The zero-order chi connectivity index (χ0) is 22.2. The summed E-state index contributed by atoms with van der Waals surface area (Å²) in [5.74, 6) is -0.321. The molecule has 1 aromatic carbocycles. The van der Waals surface area contributed by atoms with E-state index in [9.17, 15) is 14.4 Å². The van der Waals surface area contributed by atoms with Gasteiger partial charge >= 0.3 is 0 Å². The van der Waals surface area contributed by atoms with Crippen molar-refractivity contribution in [1.82, 2.24) is 15.1 Å². The largest absolute Gasteiger partial charge is 0.495 e. The first-order valence-corrected chi connectivity index (χ1v) is 9.73. The molecule has 0 radical (unpaired) electrons. The van der Waals surface area contributed by atoms with Crippen LogP contribution in [0.25, 0.3) is 0 Å². The van der Waals surface area contributed by atoms with Crippen LogP contribution >= 0.6 is 11.6 Å². The SMILES string of the molecule is CCN(CC(=O)NC(C)(C)C)CC(=O)N(C)CC(=O)Nc1cc(Cl)ccc1OC. The smallest absolute Gasteiger partial charge is 0.244 e. The summed E-state index contributed by atoms with van der Waals surface area (Å²) in [6.07, 6.45) is 0. The Labute approximate surface area is 177 Å². The molecule has 1 aromatic rings. The molecule has 0 aliphatic rings. The van der Waals surface area contributed by atoms with Crippen molar-refractivity contribution in [1.29, 1.82) is 0 Å². The average molecular weight is 427 g/mol. The molecule has 0 aliphatic heterocycles. The molecule has 162 valence electrons. The molecule has 0 aromatic heterocycles. The zero-order valence-electron chi connectivity index (χ0n) is 18.0. The molecule has 8 nitrogen and oxygen atoms in total. The molecule has 3 amide bonds. The molecule has 0 saturated carbocycles. The summed E-state index contributed by atoms with van der Waals surface area (Å²) in [6.45, 7) is 8.10. The fourth-order valence-electron chi connectivity index (χ4n) is 2.52. The summed E-state index contributed by atoms with van der Waals surface area (Å²) in [5.41, 5.74) is 0.0939. The fraction of sp³-hybridized carbons (Fsp3) is 0.550. The van der Waals surface area contributed by atoms with Crippen LogP contribution in [0.3, 0.4) is 0 Å². The highest BCUT2D eigenvalue weighted by molar-refractivity contribution is 6.31. The number of hydrogen-bond donors (Lipinski definition) is 2. The molecule has 2 N–H and O–H groups in total. The number of nitrogens with zero attached hydrogens (tertiary/aromatic N) is 2. The molecule has 0 atom stereocenters. The molecule has 0 bridgehead atoms. The zero-order valence-corrected chi connectivity index (χ0v) is 18.7. The van der Waals surface area contributed by atoms with E-state index in [-0.39, 0.29) is 42.9 Å². The highest BCUT2D eigenvalue weighted by atomic mass is 35.5. The summed E-state index contributed by atoms with van der Waals surface area (Å²) in [4.78, 5) is 39.9. The maximum atomic E-state index is 12.5.